The summed E-state index contributed by atoms with van der Waals surface area (Å²) < 4.78 is 27.3. The molecule has 5 nitrogen and oxygen atoms in total. The van der Waals surface area contributed by atoms with Crippen LogP contribution in [0.4, 0.5) is 5.69 Å². The molecule has 0 aromatic heterocycles. The SMILES string of the molecule is Cc1cc(N)cc(C)c1S(=O)(=O)NC(CO)C(C)C. The average molecular weight is 286 g/mol. The highest BCUT2D eigenvalue weighted by Crippen LogP contribution is 2.23. The van der Waals surface area contributed by atoms with Crippen molar-refractivity contribution in [2.45, 2.75) is 38.6 Å². The topological polar surface area (TPSA) is 92.4 Å². The highest BCUT2D eigenvalue weighted by atomic mass is 32.2. The van der Waals surface area contributed by atoms with E-state index in [1.807, 2.05) is 13.8 Å². The predicted molar refractivity (Wildman–Crippen MR) is 76.4 cm³/mol. The van der Waals surface area contributed by atoms with Gasteiger partial charge in [-0.25, -0.2) is 13.1 Å². The first kappa shape index (κ1) is 15.9. The fourth-order valence-corrected chi connectivity index (χ4v) is 3.88. The summed E-state index contributed by atoms with van der Waals surface area (Å²) in [6, 6.07) is 2.76. The van der Waals surface area contributed by atoms with Gasteiger partial charge >= 0.3 is 0 Å². The monoisotopic (exact) mass is 286 g/mol. The van der Waals surface area contributed by atoms with Crippen LogP contribution in [0.5, 0.6) is 0 Å². The van der Waals surface area contributed by atoms with Crippen molar-refractivity contribution in [3.05, 3.63) is 23.3 Å². The van der Waals surface area contributed by atoms with Crippen LogP contribution in [-0.4, -0.2) is 26.2 Å². The Kier molecular flexibility index (Phi) is 4.95. The van der Waals surface area contributed by atoms with Crippen molar-refractivity contribution in [2.24, 2.45) is 5.92 Å². The molecule has 0 bridgehead atoms. The van der Waals surface area contributed by atoms with Crippen molar-refractivity contribution in [2.75, 3.05) is 12.3 Å². The van der Waals surface area contributed by atoms with Crippen LogP contribution >= 0.6 is 0 Å². The lowest BCUT2D eigenvalue weighted by Crippen LogP contribution is -2.41. The van der Waals surface area contributed by atoms with Gasteiger partial charge in [-0.1, -0.05) is 13.8 Å². The van der Waals surface area contributed by atoms with Crippen LogP contribution in [-0.2, 0) is 10.0 Å². The number of benzene rings is 1. The van der Waals surface area contributed by atoms with Crippen molar-refractivity contribution in [1.29, 1.82) is 0 Å². The third kappa shape index (κ3) is 3.68. The Balaban J connectivity index is 3.21. The molecule has 0 fully saturated rings. The Labute approximate surface area is 114 Å². The molecule has 0 aliphatic heterocycles. The highest BCUT2D eigenvalue weighted by molar-refractivity contribution is 7.89. The average Bonchev–Trinajstić information content (AvgIpc) is 2.23. The number of sulfonamides is 1. The Hall–Kier alpha value is -1.11. The largest absolute Gasteiger partial charge is 0.399 e. The van der Waals surface area contributed by atoms with E-state index in [2.05, 4.69) is 4.72 Å². The van der Waals surface area contributed by atoms with Crippen LogP contribution in [0.25, 0.3) is 0 Å². The normalized spacial score (nSPS) is 13.8. The minimum Gasteiger partial charge on any atom is -0.399 e. The molecule has 1 aromatic carbocycles. The maximum absolute atomic E-state index is 12.4. The lowest BCUT2D eigenvalue weighted by atomic mass is 10.1. The van der Waals surface area contributed by atoms with E-state index in [-0.39, 0.29) is 17.4 Å². The summed E-state index contributed by atoms with van der Waals surface area (Å²) in [4.78, 5) is 0.237. The fraction of sp³-hybridized carbons (Fsp3) is 0.538. The molecule has 108 valence electrons. The summed E-state index contributed by atoms with van der Waals surface area (Å²) >= 11 is 0. The summed E-state index contributed by atoms with van der Waals surface area (Å²) in [6.07, 6.45) is 0. The van der Waals surface area contributed by atoms with Crippen molar-refractivity contribution in [3.8, 4) is 0 Å². The van der Waals surface area contributed by atoms with Crippen LogP contribution in [0, 0.1) is 19.8 Å². The zero-order valence-corrected chi connectivity index (χ0v) is 12.6. The van der Waals surface area contributed by atoms with Crippen LogP contribution in [0.15, 0.2) is 17.0 Å². The molecule has 0 saturated heterocycles. The van der Waals surface area contributed by atoms with Gasteiger partial charge in [-0.05, 0) is 43.0 Å². The molecule has 0 radical (unpaired) electrons. The summed E-state index contributed by atoms with van der Waals surface area (Å²) in [5, 5.41) is 9.24. The Morgan fingerprint density at radius 2 is 1.74 bits per heavy atom. The summed E-state index contributed by atoms with van der Waals surface area (Å²) in [5.74, 6) is 0.00849. The molecular weight excluding hydrogens is 264 g/mol. The zero-order chi connectivity index (χ0) is 14.8. The predicted octanol–water partition coefficient (Wildman–Crippen LogP) is 1.18. The number of anilines is 1. The summed E-state index contributed by atoms with van der Waals surface area (Å²) in [6.45, 7) is 6.89. The number of nitrogens with two attached hydrogens (primary N) is 1. The first-order valence-corrected chi connectivity index (χ1v) is 7.67. The van der Waals surface area contributed by atoms with Gasteiger partial charge in [0, 0.05) is 11.7 Å². The Morgan fingerprint density at radius 3 is 2.11 bits per heavy atom. The van der Waals surface area contributed by atoms with Gasteiger partial charge in [-0.15, -0.1) is 0 Å². The van der Waals surface area contributed by atoms with Gasteiger partial charge in [-0.2, -0.15) is 0 Å². The lowest BCUT2D eigenvalue weighted by molar-refractivity contribution is 0.227. The van der Waals surface area contributed by atoms with Gasteiger partial charge in [0.1, 0.15) is 0 Å². The number of aliphatic hydroxyl groups is 1. The van der Waals surface area contributed by atoms with Crippen LogP contribution < -0.4 is 10.5 Å². The van der Waals surface area contributed by atoms with Gasteiger partial charge in [0.25, 0.3) is 0 Å². The first-order valence-electron chi connectivity index (χ1n) is 6.19. The van der Waals surface area contributed by atoms with E-state index in [9.17, 15) is 13.5 Å². The molecular formula is C13H22N2O3S. The number of aliphatic hydroxyl groups excluding tert-OH is 1. The molecule has 0 heterocycles. The van der Waals surface area contributed by atoms with Crippen LogP contribution in [0.1, 0.15) is 25.0 Å². The second kappa shape index (κ2) is 5.90. The number of aryl methyl sites for hydroxylation is 2. The molecule has 0 spiro atoms. The van der Waals surface area contributed by atoms with Crippen LogP contribution in [0.2, 0.25) is 0 Å². The maximum atomic E-state index is 12.4. The minimum absolute atomic E-state index is 0.00849. The second-order valence-electron chi connectivity index (χ2n) is 5.14. The van der Waals surface area contributed by atoms with Crippen molar-refractivity contribution in [1.82, 2.24) is 4.72 Å². The van der Waals surface area contributed by atoms with Gasteiger partial charge < -0.3 is 10.8 Å². The smallest absolute Gasteiger partial charge is 0.241 e. The molecule has 0 amide bonds. The van der Waals surface area contributed by atoms with Crippen molar-refractivity contribution < 1.29 is 13.5 Å². The third-order valence-corrected chi connectivity index (χ3v) is 4.85. The van der Waals surface area contributed by atoms with Gasteiger partial charge in [0.15, 0.2) is 0 Å². The molecule has 0 aliphatic rings. The van der Waals surface area contributed by atoms with Crippen LogP contribution in [0.3, 0.4) is 0 Å². The molecule has 6 heteroatoms. The van der Waals surface area contributed by atoms with E-state index in [1.54, 1.807) is 26.0 Å². The number of nitrogens with one attached hydrogen (secondary N) is 1. The lowest BCUT2D eigenvalue weighted by Gasteiger charge is -2.21. The fourth-order valence-electron chi connectivity index (χ4n) is 2.05. The van der Waals surface area contributed by atoms with Crippen molar-refractivity contribution in [3.63, 3.8) is 0 Å². The van der Waals surface area contributed by atoms with Crippen molar-refractivity contribution >= 4 is 15.7 Å². The molecule has 19 heavy (non-hydrogen) atoms. The first-order chi connectivity index (χ1) is 8.69. The zero-order valence-electron chi connectivity index (χ0n) is 11.8. The van der Waals surface area contributed by atoms with E-state index in [1.165, 1.54) is 0 Å². The number of rotatable bonds is 5. The highest BCUT2D eigenvalue weighted by Gasteiger charge is 2.25. The number of nitrogen functional groups attached to an aromatic ring is 1. The van der Waals surface area contributed by atoms with E-state index in [0.29, 0.717) is 16.8 Å². The quantitative estimate of drug-likeness (QED) is 0.709. The second-order valence-corrected chi connectivity index (χ2v) is 6.79. The van der Waals surface area contributed by atoms with E-state index in [0.717, 1.165) is 0 Å². The van der Waals surface area contributed by atoms with E-state index >= 15 is 0 Å². The molecule has 0 aliphatic carbocycles. The standard InChI is InChI=1S/C13H22N2O3S/c1-8(2)12(7-16)15-19(17,18)13-9(3)5-11(14)6-10(13)4/h5-6,8,12,15-16H,7,14H2,1-4H3. The van der Waals surface area contributed by atoms with Gasteiger partial charge in [0.05, 0.1) is 11.5 Å². The summed E-state index contributed by atoms with van der Waals surface area (Å²) in [7, 11) is -3.66. The van der Waals surface area contributed by atoms with E-state index < -0.39 is 16.1 Å². The third-order valence-electron chi connectivity index (χ3n) is 3.06. The number of hydrogen-bond donors (Lipinski definition) is 3. The Bertz CT molecular complexity index is 530. The Morgan fingerprint density at radius 1 is 1.26 bits per heavy atom. The van der Waals surface area contributed by atoms with Gasteiger partial charge in [0.2, 0.25) is 10.0 Å². The molecule has 1 aromatic rings. The molecule has 1 unspecified atom stereocenters. The molecule has 4 N–H and O–H groups in total. The number of hydrogen-bond acceptors (Lipinski definition) is 4. The molecule has 0 saturated carbocycles. The summed E-state index contributed by atoms with van der Waals surface area (Å²) in [5.41, 5.74) is 7.44. The van der Waals surface area contributed by atoms with E-state index in [4.69, 9.17) is 5.73 Å². The minimum atomic E-state index is -3.66. The molecule has 1 atom stereocenters. The molecule has 1 rings (SSSR count). The maximum Gasteiger partial charge on any atom is 0.241 e. The van der Waals surface area contributed by atoms with Gasteiger partial charge in [-0.3, -0.25) is 0 Å².